The Kier molecular flexibility index (Phi) is 7.01. The molecule has 3 N–H and O–H groups in total. The highest BCUT2D eigenvalue weighted by Crippen LogP contribution is 2.44. The maximum atomic E-state index is 13.3. The maximum absolute atomic E-state index is 13.3. The summed E-state index contributed by atoms with van der Waals surface area (Å²) in [5.74, 6) is -6.76. The number of hydrogen-bond donors (Lipinski definition) is 2. The van der Waals surface area contributed by atoms with E-state index < -0.39 is 57.8 Å². The zero-order valence-corrected chi connectivity index (χ0v) is 16.3. The van der Waals surface area contributed by atoms with Crippen molar-refractivity contribution in [1.82, 2.24) is 0 Å². The predicted octanol–water partition coefficient (Wildman–Crippen LogP) is 3.08. The average Bonchev–Trinajstić information content (AvgIpc) is 2.44. The number of carbonyl (C=O) groups excluding carboxylic acids is 1. The third-order valence-electron chi connectivity index (χ3n) is 3.05. The Hall–Kier alpha value is -2.41. The summed E-state index contributed by atoms with van der Waals surface area (Å²) in [6, 6.07) is 1.22. The van der Waals surface area contributed by atoms with Crippen LogP contribution in [0.15, 0.2) is 16.6 Å². The van der Waals surface area contributed by atoms with Crippen LogP contribution in [0.2, 0.25) is 0 Å². The molecule has 9 nitrogen and oxygen atoms in total. The number of hydrogen-bond acceptors (Lipinski definition) is 7. The van der Waals surface area contributed by atoms with Crippen LogP contribution >= 0.6 is 15.9 Å². The van der Waals surface area contributed by atoms with E-state index in [1.807, 2.05) is 0 Å². The lowest BCUT2D eigenvalue weighted by molar-refractivity contribution is -0.386. The van der Waals surface area contributed by atoms with Crippen molar-refractivity contribution in [2.45, 2.75) is 38.8 Å². The molecule has 13 heteroatoms. The molecule has 0 fully saturated rings. The number of nitro groups is 1. The number of halogens is 4. The number of nitrogens with zero attached hydrogens (tertiary/aromatic N) is 1. The van der Waals surface area contributed by atoms with E-state index in [0.29, 0.717) is 6.07 Å². The van der Waals surface area contributed by atoms with Gasteiger partial charge in [-0.3, -0.25) is 25.4 Å². The first-order valence-corrected chi connectivity index (χ1v) is 8.27. The van der Waals surface area contributed by atoms with Crippen molar-refractivity contribution in [3.63, 3.8) is 0 Å². The smallest absolute Gasteiger partial charge is 0.420 e. The molecule has 0 saturated carbocycles. The minimum absolute atomic E-state index is 0.269. The third-order valence-corrected chi connectivity index (χ3v) is 3.50. The van der Waals surface area contributed by atoms with Gasteiger partial charge in [-0.25, -0.2) is 0 Å². The van der Waals surface area contributed by atoms with Crippen molar-refractivity contribution < 1.29 is 42.3 Å². The Balaban J connectivity index is 3.42. The van der Waals surface area contributed by atoms with E-state index in [1.54, 1.807) is 0 Å². The van der Waals surface area contributed by atoms with Gasteiger partial charge in [-0.2, -0.15) is 13.2 Å². The van der Waals surface area contributed by atoms with Crippen molar-refractivity contribution >= 4 is 33.6 Å². The van der Waals surface area contributed by atoms with Gasteiger partial charge >= 0.3 is 23.8 Å². The van der Waals surface area contributed by atoms with Gasteiger partial charge in [0.05, 0.1) is 4.92 Å². The minimum Gasteiger partial charge on any atom is -0.480 e. The van der Waals surface area contributed by atoms with E-state index in [0.717, 1.165) is 6.07 Å². The molecular weight excluding hydrogens is 457 g/mol. The van der Waals surface area contributed by atoms with Gasteiger partial charge in [0.2, 0.25) is 11.7 Å². The first-order chi connectivity index (χ1) is 12.5. The second-order valence-electron chi connectivity index (χ2n) is 6.49. The second kappa shape index (κ2) is 8.31. The van der Waals surface area contributed by atoms with Gasteiger partial charge in [-0.15, -0.1) is 0 Å². The number of benzene rings is 1. The molecule has 0 aliphatic rings. The third kappa shape index (κ3) is 6.05. The highest BCUT2D eigenvalue weighted by Gasteiger charge is 2.43. The van der Waals surface area contributed by atoms with Crippen LogP contribution < -0.4 is 10.5 Å². The number of carbonyl (C=O) groups is 2. The molecule has 1 aromatic rings. The molecule has 28 heavy (non-hydrogen) atoms. The van der Waals surface area contributed by atoms with Crippen molar-refractivity contribution in [3.05, 3.63) is 32.3 Å². The lowest BCUT2D eigenvalue weighted by Crippen LogP contribution is -2.47. The molecule has 0 heterocycles. The quantitative estimate of drug-likeness (QED) is 0.211. The Bertz CT molecular complexity index is 793. The molecule has 2 atom stereocenters. The number of nitro benzene ring substituents is 1. The zero-order chi connectivity index (χ0) is 22.0. The zero-order valence-electron chi connectivity index (χ0n) is 14.7. The molecule has 0 aliphatic carbocycles. The Labute approximate surface area is 164 Å². The molecule has 0 bridgehead atoms. The molecule has 0 radical (unpaired) electrons. The summed E-state index contributed by atoms with van der Waals surface area (Å²) in [5, 5.41) is 20.4. The number of rotatable bonds is 6. The highest BCUT2D eigenvalue weighted by atomic mass is 79.9. The molecule has 0 aromatic heterocycles. The van der Waals surface area contributed by atoms with Crippen molar-refractivity contribution in [2.75, 3.05) is 0 Å². The van der Waals surface area contributed by atoms with Gasteiger partial charge < -0.3 is 14.6 Å². The lowest BCUT2D eigenvalue weighted by Gasteiger charge is -2.26. The fourth-order valence-electron chi connectivity index (χ4n) is 1.99. The van der Waals surface area contributed by atoms with Gasteiger partial charge in [0, 0.05) is 10.5 Å². The van der Waals surface area contributed by atoms with Gasteiger partial charge in [0.25, 0.3) is 0 Å². The van der Waals surface area contributed by atoms with Crippen LogP contribution in [0.3, 0.4) is 0 Å². The molecular formula is C15H16BrF3N2O7. The summed E-state index contributed by atoms with van der Waals surface area (Å²) in [6.07, 6.45) is -7.29. The summed E-state index contributed by atoms with van der Waals surface area (Å²) < 4.78 is 49.3. The molecule has 2 unspecified atom stereocenters. The number of ether oxygens (including phenoxy) is 2. The van der Waals surface area contributed by atoms with Crippen LogP contribution in [0.1, 0.15) is 26.3 Å². The molecule has 0 aliphatic heterocycles. The van der Waals surface area contributed by atoms with E-state index in [2.05, 4.69) is 15.9 Å². The van der Waals surface area contributed by atoms with Gasteiger partial charge in [0.1, 0.15) is 11.2 Å². The van der Waals surface area contributed by atoms with Gasteiger partial charge in [-0.05, 0) is 26.8 Å². The molecule has 0 amide bonds. The van der Waals surface area contributed by atoms with Crippen LogP contribution in [-0.2, 0) is 20.5 Å². The molecule has 1 aromatic carbocycles. The van der Waals surface area contributed by atoms with Crippen LogP contribution in [0.5, 0.6) is 5.75 Å². The largest absolute Gasteiger partial charge is 0.480 e. The van der Waals surface area contributed by atoms with E-state index in [9.17, 15) is 38.0 Å². The van der Waals surface area contributed by atoms with Gasteiger partial charge in [0.15, 0.2) is 6.23 Å². The van der Waals surface area contributed by atoms with E-state index in [1.165, 1.54) is 20.8 Å². The number of alkyl halides is 3. The van der Waals surface area contributed by atoms with Crippen LogP contribution in [0, 0.1) is 16.0 Å². The van der Waals surface area contributed by atoms with Gasteiger partial charge in [-0.1, -0.05) is 15.9 Å². The number of nitrogens with two attached hydrogens (primary N) is 1. The number of carboxylic acids is 1. The Morgan fingerprint density at radius 3 is 2.21 bits per heavy atom. The summed E-state index contributed by atoms with van der Waals surface area (Å²) >= 11 is 2.72. The summed E-state index contributed by atoms with van der Waals surface area (Å²) in [7, 11) is 0. The lowest BCUT2D eigenvalue weighted by atomic mass is 10.1. The van der Waals surface area contributed by atoms with Crippen molar-refractivity contribution in [1.29, 1.82) is 0 Å². The molecule has 1 rings (SSSR count). The van der Waals surface area contributed by atoms with Crippen molar-refractivity contribution in [3.8, 4) is 5.75 Å². The van der Waals surface area contributed by atoms with E-state index in [-0.39, 0.29) is 4.47 Å². The SMILES string of the molecule is CC(C)(C)OC(=O)C(C(=O)O)C(N)Oc1c([N+](=O)[O-])cc(Br)cc1C(F)(F)F. The maximum Gasteiger partial charge on any atom is 0.420 e. The fourth-order valence-corrected chi connectivity index (χ4v) is 2.44. The number of esters is 1. The predicted molar refractivity (Wildman–Crippen MR) is 91.4 cm³/mol. The Morgan fingerprint density at radius 1 is 1.29 bits per heavy atom. The monoisotopic (exact) mass is 472 g/mol. The summed E-state index contributed by atoms with van der Waals surface area (Å²) in [5.41, 5.74) is 1.67. The number of carboxylic acid groups (broad SMARTS) is 1. The average molecular weight is 473 g/mol. The first kappa shape index (κ1) is 23.6. The molecule has 156 valence electrons. The summed E-state index contributed by atoms with van der Waals surface area (Å²) in [4.78, 5) is 33.4. The van der Waals surface area contributed by atoms with Crippen LogP contribution in [0.4, 0.5) is 18.9 Å². The normalized spacial score (nSPS) is 14.1. The van der Waals surface area contributed by atoms with Crippen LogP contribution in [-0.4, -0.2) is 33.8 Å². The van der Waals surface area contributed by atoms with E-state index in [4.69, 9.17) is 15.2 Å². The minimum atomic E-state index is -5.09. The standard InChI is InChI=1S/C15H16BrF3N2O7/c1-14(2,3)28-13(24)9(12(22)23)11(20)27-10-7(15(17,18)19)4-6(16)5-8(10)21(25)26/h4-5,9,11H,20H2,1-3H3,(H,22,23). The van der Waals surface area contributed by atoms with E-state index >= 15 is 0 Å². The first-order valence-electron chi connectivity index (χ1n) is 7.47. The molecule has 0 saturated heterocycles. The van der Waals surface area contributed by atoms with Crippen molar-refractivity contribution in [2.24, 2.45) is 11.7 Å². The van der Waals surface area contributed by atoms with Crippen LogP contribution in [0.25, 0.3) is 0 Å². The summed E-state index contributed by atoms with van der Waals surface area (Å²) in [6.45, 7) is 4.28. The second-order valence-corrected chi connectivity index (χ2v) is 7.40. The fraction of sp³-hybridized carbons (Fsp3) is 0.467. The highest BCUT2D eigenvalue weighted by molar-refractivity contribution is 9.10. The number of aliphatic carboxylic acids is 1. The Morgan fingerprint density at radius 2 is 1.82 bits per heavy atom. The topological polar surface area (TPSA) is 142 Å². The molecule has 0 spiro atoms.